The second-order valence-electron chi connectivity index (χ2n) is 5.04. The van der Waals surface area contributed by atoms with Gasteiger partial charge in [-0.05, 0) is 25.3 Å². The first-order valence-electron chi connectivity index (χ1n) is 6.50. The van der Waals surface area contributed by atoms with E-state index in [1.807, 2.05) is 25.3 Å². The van der Waals surface area contributed by atoms with Crippen LogP contribution in [0.4, 0.5) is 5.82 Å². The van der Waals surface area contributed by atoms with E-state index >= 15 is 0 Å². The molecule has 2 aromatic heterocycles. The number of nitrogen functional groups attached to an aromatic ring is 1. The van der Waals surface area contributed by atoms with E-state index in [2.05, 4.69) is 9.97 Å². The van der Waals surface area contributed by atoms with Crippen molar-refractivity contribution in [2.45, 2.75) is 36.7 Å². The summed E-state index contributed by atoms with van der Waals surface area (Å²) >= 11 is 2.68. The number of anilines is 1. The molecule has 8 heteroatoms. The number of aromatic nitrogens is 2. The van der Waals surface area contributed by atoms with Crippen LogP contribution in [0.3, 0.4) is 0 Å². The van der Waals surface area contributed by atoms with Gasteiger partial charge in [-0.1, -0.05) is 11.8 Å². The maximum atomic E-state index is 12.3. The Morgan fingerprint density at radius 1 is 1.43 bits per heavy atom. The number of thioether (sulfide) groups is 1. The fourth-order valence-electron chi connectivity index (χ4n) is 2.29. The Labute approximate surface area is 129 Å². The maximum Gasteiger partial charge on any atom is 0.243 e. The molecule has 0 spiro atoms. The lowest BCUT2D eigenvalue weighted by Gasteiger charge is -2.18. The second-order valence-corrected chi connectivity index (χ2v) is 7.10. The van der Waals surface area contributed by atoms with E-state index in [1.165, 1.54) is 28.0 Å². The number of carbonyl (C=O) groups is 2. The van der Waals surface area contributed by atoms with E-state index < -0.39 is 5.25 Å². The zero-order valence-electron chi connectivity index (χ0n) is 11.6. The first-order valence-corrected chi connectivity index (χ1v) is 8.26. The molecule has 2 aromatic rings. The lowest BCUT2D eigenvalue weighted by Crippen LogP contribution is -2.37. The number of hydrogen-bond donors (Lipinski definition) is 1. The van der Waals surface area contributed by atoms with Gasteiger partial charge in [-0.15, -0.1) is 11.3 Å². The molecule has 2 N–H and O–H groups in total. The van der Waals surface area contributed by atoms with Crippen LogP contribution in [-0.4, -0.2) is 38.0 Å². The molecule has 0 aliphatic carbocycles. The van der Waals surface area contributed by atoms with Crippen LogP contribution in [0.15, 0.2) is 16.6 Å². The normalized spacial score (nSPS) is 19.2. The zero-order chi connectivity index (χ0) is 15.1. The SMILES string of the molecule is CC(C)N1C(=O)CC(Sc2nc(N)c3ccsc3n2)C1=O. The third-order valence-electron chi connectivity index (χ3n) is 3.24. The Morgan fingerprint density at radius 2 is 2.19 bits per heavy atom. The van der Waals surface area contributed by atoms with E-state index in [1.54, 1.807) is 0 Å². The molecule has 21 heavy (non-hydrogen) atoms. The summed E-state index contributed by atoms with van der Waals surface area (Å²) in [5.74, 6) is 0.0901. The molecule has 6 nitrogen and oxygen atoms in total. The first kappa shape index (κ1) is 14.3. The van der Waals surface area contributed by atoms with Crippen molar-refractivity contribution >= 4 is 50.9 Å². The van der Waals surface area contributed by atoms with Crippen molar-refractivity contribution in [1.82, 2.24) is 14.9 Å². The number of carbonyl (C=O) groups excluding carboxylic acids is 2. The second kappa shape index (κ2) is 5.27. The first-order chi connectivity index (χ1) is 9.97. The van der Waals surface area contributed by atoms with E-state index in [4.69, 9.17) is 5.73 Å². The Morgan fingerprint density at radius 3 is 2.86 bits per heavy atom. The van der Waals surface area contributed by atoms with Gasteiger partial charge in [-0.25, -0.2) is 9.97 Å². The van der Waals surface area contributed by atoms with Crippen LogP contribution in [-0.2, 0) is 9.59 Å². The molecule has 1 unspecified atom stereocenters. The number of hydrogen-bond acceptors (Lipinski definition) is 7. The molecule has 1 atom stereocenters. The Hall–Kier alpha value is -1.67. The molecule has 1 saturated heterocycles. The Kier molecular flexibility index (Phi) is 3.58. The molecular formula is C13H14N4O2S2. The molecule has 0 radical (unpaired) electrons. The topological polar surface area (TPSA) is 89.2 Å². The lowest BCUT2D eigenvalue weighted by atomic mass is 10.3. The van der Waals surface area contributed by atoms with Gasteiger partial charge in [-0.2, -0.15) is 0 Å². The predicted octanol–water partition coefficient (Wildman–Crippen LogP) is 1.90. The van der Waals surface area contributed by atoms with Crippen LogP contribution in [0, 0.1) is 0 Å². The molecule has 3 heterocycles. The van der Waals surface area contributed by atoms with Gasteiger partial charge >= 0.3 is 0 Å². The van der Waals surface area contributed by atoms with E-state index in [-0.39, 0.29) is 24.3 Å². The van der Waals surface area contributed by atoms with Crippen LogP contribution in [0.1, 0.15) is 20.3 Å². The average molecular weight is 322 g/mol. The van der Waals surface area contributed by atoms with Crippen molar-refractivity contribution in [3.05, 3.63) is 11.4 Å². The minimum absolute atomic E-state index is 0.124. The highest BCUT2D eigenvalue weighted by atomic mass is 32.2. The summed E-state index contributed by atoms with van der Waals surface area (Å²) in [5, 5.41) is 2.70. The largest absolute Gasteiger partial charge is 0.383 e. The van der Waals surface area contributed by atoms with E-state index in [9.17, 15) is 9.59 Å². The minimum Gasteiger partial charge on any atom is -0.383 e. The van der Waals surface area contributed by atoms with Crippen LogP contribution in [0.2, 0.25) is 0 Å². The van der Waals surface area contributed by atoms with Gasteiger partial charge < -0.3 is 5.73 Å². The highest BCUT2D eigenvalue weighted by Crippen LogP contribution is 2.33. The predicted molar refractivity (Wildman–Crippen MR) is 83.1 cm³/mol. The molecule has 3 rings (SSSR count). The van der Waals surface area contributed by atoms with Crippen molar-refractivity contribution in [2.75, 3.05) is 5.73 Å². The third kappa shape index (κ3) is 2.49. The van der Waals surface area contributed by atoms with Crippen molar-refractivity contribution in [3.8, 4) is 0 Å². The minimum atomic E-state index is -0.461. The van der Waals surface area contributed by atoms with Crippen LogP contribution < -0.4 is 5.73 Å². The number of likely N-dealkylation sites (tertiary alicyclic amines) is 1. The van der Waals surface area contributed by atoms with Gasteiger partial charge in [0.05, 0.1) is 5.39 Å². The molecule has 0 bridgehead atoms. The van der Waals surface area contributed by atoms with Gasteiger partial charge in [-0.3, -0.25) is 14.5 Å². The number of nitrogens with zero attached hydrogens (tertiary/aromatic N) is 3. The van der Waals surface area contributed by atoms with E-state index in [0.29, 0.717) is 11.0 Å². The molecule has 0 aromatic carbocycles. The fraction of sp³-hybridized carbons (Fsp3) is 0.385. The number of rotatable bonds is 3. The van der Waals surface area contributed by atoms with Crippen LogP contribution in [0.25, 0.3) is 10.2 Å². The highest BCUT2D eigenvalue weighted by Gasteiger charge is 2.41. The summed E-state index contributed by atoms with van der Waals surface area (Å²) in [6.45, 7) is 3.66. The molecule has 1 aliphatic heterocycles. The number of thiophene rings is 1. The summed E-state index contributed by atoms with van der Waals surface area (Å²) in [4.78, 5) is 34.9. The van der Waals surface area contributed by atoms with Gasteiger partial charge in [0.1, 0.15) is 15.9 Å². The van der Waals surface area contributed by atoms with Gasteiger partial charge in [0.25, 0.3) is 0 Å². The Bertz CT molecular complexity index is 728. The summed E-state index contributed by atoms with van der Waals surface area (Å²) < 4.78 is 0. The van der Waals surface area contributed by atoms with Crippen molar-refractivity contribution in [3.63, 3.8) is 0 Å². The number of imide groups is 1. The maximum absolute atomic E-state index is 12.3. The molecule has 110 valence electrons. The molecule has 1 aliphatic rings. The monoisotopic (exact) mass is 322 g/mol. The number of nitrogens with two attached hydrogens (primary N) is 1. The highest BCUT2D eigenvalue weighted by molar-refractivity contribution is 8.00. The van der Waals surface area contributed by atoms with Gasteiger partial charge in [0, 0.05) is 12.5 Å². The fourth-order valence-corrected chi connectivity index (χ4v) is 4.11. The van der Waals surface area contributed by atoms with Crippen molar-refractivity contribution in [2.24, 2.45) is 0 Å². The third-order valence-corrected chi connectivity index (χ3v) is 5.09. The molecule has 1 fully saturated rings. The lowest BCUT2D eigenvalue weighted by molar-refractivity contribution is -0.140. The molecule has 0 saturated carbocycles. The quantitative estimate of drug-likeness (QED) is 0.686. The van der Waals surface area contributed by atoms with Crippen LogP contribution >= 0.6 is 23.1 Å². The summed E-state index contributed by atoms with van der Waals surface area (Å²) in [6, 6.07) is 1.75. The Balaban J connectivity index is 1.86. The summed E-state index contributed by atoms with van der Waals surface area (Å²) in [7, 11) is 0. The summed E-state index contributed by atoms with van der Waals surface area (Å²) in [6.07, 6.45) is 0.188. The average Bonchev–Trinajstić information content (AvgIpc) is 2.95. The zero-order valence-corrected chi connectivity index (χ0v) is 13.2. The van der Waals surface area contributed by atoms with Gasteiger partial charge in [0.2, 0.25) is 11.8 Å². The standard InChI is InChI=1S/C13H14N4O2S2/c1-6(2)17-9(18)5-8(12(17)19)21-13-15-10(14)7-3-4-20-11(7)16-13/h3-4,6,8H,5H2,1-2H3,(H2,14,15,16). The smallest absolute Gasteiger partial charge is 0.243 e. The molecular weight excluding hydrogens is 308 g/mol. The number of amides is 2. The van der Waals surface area contributed by atoms with Crippen molar-refractivity contribution < 1.29 is 9.59 Å². The number of fused-ring (bicyclic) bond motifs is 1. The van der Waals surface area contributed by atoms with E-state index in [0.717, 1.165) is 10.2 Å². The van der Waals surface area contributed by atoms with Gasteiger partial charge in [0.15, 0.2) is 5.16 Å². The van der Waals surface area contributed by atoms with Crippen LogP contribution in [0.5, 0.6) is 0 Å². The van der Waals surface area contributed by atoms with Crippen molar-refractivity contribution in [1.29, 1.82) is 0 Å². The molecule has 2 amide bonds. The summed E-state index contributed by atoms with van der Waals surface area (Å²) in [5.41, 5.74) is 5.89.